The molecule has 3 N–H and O–H groups in total. The van der Waals surface area contributed by atoms with Crippen molar-refractivity contribution >= 4 is 11.6 Å². The van der Waals surface area contributed by atoms with Crippen LogP contribution in [0.4, 0.5) is 11.6 Å². The zero-order valence-electron chi connectivity index (χ0n) is 11.9. The molecule has 1 aromatic rings. The van der Waals surface area contributed by atoms with Crippen LogP contribution in [0.3, 0.4) is 0 Å². The van der Waals surface area contributed by atoms with Gasteiger partial charge in [0.15, 0.2) is 0 Å². The minimum Gasteiger partial charge on any atom is -0.391 e. The van der Waals surface area contributed by atoms with E-state index in [4.69, 9.17) is 4.74 Å². The van der Waals surface area contributed by atoms with E-state index < -0.39 is 6.10 Å². The molecule has 1 unspecified atom stereocenters. The van der Waals surface area contributed by atoms with E-state index in [2.05, 4.69) is 27.5 Å². The molecule has 19 heavy (non-hydrogen) atoms. The predicted molar refractivity (Wildman–Crippen MR) is 76.6 cm³/mol. The average molecular weight is 268 g/mol. The third kappa shape index (κ3) is 5.00. The Labute approximate surface area is 114 Å². The number of nitrogens with zero attached hydrogens (tertiary/aromatic N) is 2. The Morgan fingerprint density at radius 3 is 2.74 bits per heavy atom. The highest BCUT2D eigenvalue weighted by atomic mass is 16.5. The van der Waals surface area contributed by atoms with Crippen LogP contribution < -0.4 is 10.6 Å². The van der Waals surface area contributed by atoms with Crippen LogP contribution >= 0.6 is 0 Å². The third-order valence-corrected chi connectivity index (χ3v) is 2.81. The quantitative estimate of drug-likeness (QED) is 0.626. The summed E-state index contributed by atoms with van der Waals surface area (Å²) in [7, 11) is 3.44. The molecule has 0 radical (unpaired) electrons. The number of rotatable bonds is 9. The Balaban J connectivity index is 2.61. The Morgan fingerprint density at radius 1 is 1.37 bits per heavy atom. The summed E-state index contributed by atoms with van der Waals surface area (Å²) in [6.07, 6.45) is 3.66. The van der Waals surface area contributed by atoms with E-state index in [-0.39, 0.29) is 0 Å². The Bertz CT molecular complexity index is 374. The smallest absolute Gasteiger partial charge is 0.134 e. The maximum Gasteiger partial charge on any atom is 0.134 e. The molecule has 0 saturated carbocycles. The first kappa shape index (κ1) is 15.7. The van der Waals surface area contributed by atoms with Crippen LogP contribution in [-0.4, -0.2) is 48.5 Å². The number of hydrogen-bond acceptors (Lipinski definition) is 6. The van der Waals surface area contributed by atoms with Gasteiger partial charge < -0.3 is 20.5 Å². The monoisotopic (exact) mass is 268 g/mol. The van der Waals surface area contributed by atoms with Gasteiger partial charge in [-0.15, -0.1) is 0 Å². The molecule has 0 aliphatic heterocycles. The number of aliphatic hydroxyl groups excluding tert-OH is 1. The van der Waals surface area contributed by atoms with Gasteiger partial charge in [-0.1, -0.05) is 13.3 Å². The number of aromatic nitrogens is 2. The number of aliphatic hydroxyl groups is 1. The number of hydrogen-bond donors (Lipinski definition) is 3. The molecule has 1 aromatic heterocycles. The highest BCUT2D eigenvalue weighted by molar-refractivity contribution is 5.57. The SMILES string of the molecule is CCCc1c(NC)ncnc1NCCC(O)COC. The molecule has 0 aliphatic rings. The molecule has 6 nitrogen and oxygen atoms in total. The lowest BCUT2D eigenvalue weighted by molar-refractivity contribution is 0.0615. The second-order valence-electron chi connectivity index (χ2n) is 4.37. The van der Waals surface area contributed by atoms with Gasteiger partial charge in [-0.25, -0.2) is 9.97 Å². The number of methoxy groups -OCH3 is 1. The average Bonchev–Trinajstić information content (AvgIpc) is 2.41. The summed E-state index contributed by atoms with van der Waals surface area (Å²) < 4.78 is 4.89. The number of ether oxygens (including phenoxy) is 1. The second-order valence-corrected chi connectivity index (χ2v) is 4.37. The van der Waals surface area contributed by atoms with Gasteiger partial charge in [0.05, 0.1) is 12.7 Å². The van der Waals surface area contributed by atoms with Crippen LogP contribution in [0.25, 0.3) is 0 Å². The van der Waals surface area contributed by atoms with Gasteiger partial charge in [0.25, 0.3) is 0 Å². The molecular formula is C13H24N4O2. The van der Waals surface area contributed by atoms with Crippen molar-refractivity contribution in [2.45, 2.75) is 32.3 Å². The van der Waals surface area contributed by atoms with Crippen molar-refractivity contribution in [2.75, 3.05) is 37.9 Å². The van der Waals surface area contributed by atoms with Gasteiger partial charge in [0, 0.05) is 26.3 Å². The number of nitrogens with one attached hydrogen (secondary N) is 2. The zero-order chi connectivity index (χ0) is 14.1. The van der Waals surface area contributed by atoms with E-state index >= 15 is 0 Å². The first-order valence-electron chi connectivity index (χ1n) is 6.65. The summed E-state index contributed by atoms with van der Waals surface area (Å²) in [6.45, 7) is 3.13. The summed E-state index contributed by atoms with van der Waals surface area (Å²) in [4.78, 5) is 8.49. The molecule has 0 bridgehead atoms. The standard InChI is InChI=1S/C13H24N4O2/c1-4-5-11-12(14-2)16-9-17-13(11)15-7-6-10(18)8-19-3/h9-10,18H,4-8H2,1-3H3,(H2,14,15,16,17). The minimum atomic E-state index is -0.447. The fourth-order valence-electron chi connectivity index (χ4n) is 1.90. The topological polar surface area (TPSA) is 79.3 Å². The summed E-state index contributed by atoms with van der Waals surface area (Å²) in [5, 5.41) is 15.9. The maximum absolute atomic E-state index is 9.59. The van der Waals surface area contributed by atoms with Crippen molar-refractivity contribution in [3.05, 3.63) is 11.9 Å². The van der Waals surface area contributed by atoms with Gasteiger partial charge in [0.1, 0.15) is 18.0 Å². The van der Waals surface area contributed by atoms with Gasteiger partial charge in [-0.2, -0.15) is 0 Å². The largest absolute Gasteiger partial charge is 0.391 e. The van der Waals surface area contributed by atoms with Crippen LogP contribution in [0.2, 0.25) is 0 Å². The van der Waals surface area contributed by atoms with Gasteiger partial charge >= 0.3 is 0 Å². The lowest BCUT2D eigenvalue weighted by atomic mass is 10.1. The molecular weight excluding hydrogens is 244 g/mol. The third-order valence-electron chi connectivity index (χ3n) is 2.81. The highest BCUT2D eigenvalue weighted by Crippen LogP contribution is 2.21. The van der Waals surface area contributed by atoms with Crippen LogP contribution in [0.1, 0.15) is 25.3 Å². The lowest BCUT2D eigenvalue weighted by Gasteiger charge is -2.15. The zero-order valence-corrected chi connectivity index (χ0v) is 11.9. The fourth-order valence-corrected chi connectivity index (χ4v) is 1.90. The van der Waals surface area contributed by atoms with Crippen molar-refractivity contribution in [1.82, 2.24) is 9.97 Å². The molecule has 1 rings (SSSR count). The lowest BCUT2D eigenvalue weighted by Crippen LogP contribution is -2.19. The van der Waals surface area contributed by atoms with Crippen LogP contribution in [0.5, 0.6) is 0 Å². The van der Waals surface area contributed by atoms with Crippen molar-refractivity contribution in [2.24, 2.45) is 0 Å². The first-order valence-corrected chi connectivity index (χ1v) is 6.65. The Morgan fingerprint density at radius 2 is 2.11 bits per heavy atom. The molecule has 0 spiro atoms. The van der Waals surface area contributed by atoms with E-state index in [0.717, 1.165) is 30.0 Å². The molecule has 1 heterocycles. The van der Waals surface area contributed by atoms with Gasteiger partial charge in [-0.05, 0) is 12.8 Å². The molecule has 108 valence electrons. The summed E-state index contributed by atoms with van der Waals surface area (Å²) in [6, 6.07) is 0. The molecule has 0 aromatic carbocycles. The van der Waals surface area contributed by atoms with Gasteiger partial charge in [-0.3, -0.25) is 0 Å². The normalized spacial score (nSPS) is 12.2. The van der Waals surface area contributed by atoms with Crippen LogP contribution in [0, 0.1) is 0 Å². The van der Waals surface area contributed by atoms with Gasteiger partial charge in [0.2, 0.25) is 0 Å². The van der Waals surface area contributed by atoms with Crippen LogP contribution in [-0.2, 0) is 11.2 Å². The molecule has 1 atom stereocenters. The van der Waals surface area contributed by atoms with E-state index in [0.29, 0.717) is 19.6 Å². The maximum atomic E-state index is 9.59. The van der Waals surface area contributed by atoms with Crippen LogP contribution in [0.15, 0.2) is 6.33 Å². The minimum absolute atomic E-state index is 0.356. The van der Waals surface area contributed by atoms with E-state index in [9.17, 15) is 5.11 Å². The summed E-state index contributed by atoms with van der Waals surface area (Å²) in [5.41, 5.74) is 1.09. The number of anilines is 2. The predicted octanol–water partition coefficient (Wildman–Crippen LogP) is 1.28. The summed E-state index contributed by atoms with van der Waals surface area (Å²) >= 11 is 0. The molecule has 0 fully saturated rings. The van der Waals surface area contributed by atoms with Crippen molar-refractivity contribution in [3.8, 4) is 0 Å². The van der Waals surface area contributed by atoms with E-state index in [1.54, 1.807) is 13.4 Å². The first-order chi connectivity index (χ1) is 9.22. The van der Waals surface area contributed by atoms with Crippen molar-refractivity contribution < 1.29 is 9.84 Å². The van der Waals surface area contributed by atoms with E-state index in [1.165, 1.54) is 0 Å². The molecule has 0 amide bonds. The van der Waals surface area contributed by atoms with E-state index in [1.807, 2.05) is 7.05 Å². The molecule has 0 aliphatic carbocycles. The highest BCUT2D eigenvalue weighted by Gasteiger charge is 2.10. The Hall–Kier alpha value is -1.40. The fraction of sp³-hybridized carbons (Fsp3) is 0.692. The summed E-state index contributed by atoms with van der Waals surface area (Å²) in [5.74, 6) is 1.70. The Kier molecular flexibility index (Phi) is 7.14. The van der Waals surface area contributed by atoms with Crippen molar-refractivity contribution in [1.29, 1.82) is 0 Å². The van der Waals surface area contributed by atoms with Crippen molar-refractivity contribution in [3.63, 3.8) is 0 Å². The molecule has 6 heteroatoms. The molecule has 0 saturated heterocycles. The second kappa shape index (κ2) is 8.66.